The Bertz CT molecular complexity index is 1320. The summed E-state index contributed by atoms with van der Waals surface area (Å²) in [4.78, 5) is 0. The molecule has 0 heterocycles. The summed E-state index contributed by atoms with van der Waals surface area (Å²) in [6, 6.07) is 20.6. The van der Waals surface area contributed by atoms with Crippen molar-refractivity contribution in [2.75, 3.05) is 0 Å². The van der Waals surface area contributed by atoms with Crippen molar-refractivity contribution >= 4 is 43.1 Å². The number of aromatic hydroxyl groups is 2. The smallest absolute Gasteiger partial charge is 0.131 e. The van der Waals surface area contributed by atoms with Gasteiger partial charge in [-0.15, -0.1) is 0 Å². The molecule has 0 aliphatic rings. The van der Waals surface area contributed by atoms with Gasteiger partial charge in [0.2, 0.25) is 0 Å². The first-order valence-electron chi connectivity index (χ1n) is 10.9. The highest BCUT2D eigenvalue weighted by Crippen LogP contribution is 2.44. The third-order valence-corrected chi connectivity index (χ3v) is 6.24. The predicted molar refractivity (Wildman–Crippen MR) is 128 cm³/mol. The second-order valence-electron chi connectivity index (χ2n) is 8.31. The van der Waals surface area contributed by atoms with Crippen molar-refractivity contribution in [3.8, 4) is 11.5 Å². The zero-order valence-electron chi connectivity index (χ0n) is 17.5. The van der Waals surface area contributed by atoms with Crippen molar-refractivity contribution < 1.29 is 10.2 Å². The second-order valence-corrected chi connectivity index (χ2v) is 8.31. The Kier molecular flexibility index (Phi) is 4.51. The first kappa shape index (κ1) is 18.7. The number of aryl methyl sites for hydroxylation is 2. The monoisotopic (exact) mass is 394 g/mol. The van der Waals surface area contributed by atoms with Gasteiger partial charge in [0.25, 0.3) is 0 Å². The number of phenols is 2. The maximum Gasteiger partial charge on any atom is 0.131 e. The van der Waals surface area contributed by atoms with Crippen LogP contribution in [0.3, 0.4) is 0 Å². The zero-order chi connectivity index (χ0) is 20.8. The van der Waals surface area contributed by atoms with Crippen molar-refractivity contribution in [3.63, 3.8) is 0 Å². The molecule has 0 amide bonds. The molecule has 30 heavy (non-hydrogen) atoms. The third kappa shape index (κ3) is 2.87. The molecule has 0 aromatic heterocycles. The highest BCUT2D eigenvalue weighted by atomic mass is 16.3. The van der Waals surface area contributed by atoms with Crippen LogP contribution in [0.15, 0.2) is 60.7 Å². The molecule has 0 saturated heterocycles. The zero-order valence-corrected chi connectivity index (χ0v) is 17.5. The van der Waals surface area contributed by atoms with Crippen LogP contribution in [0.4, 0.5) is 0 Å². The molecule has 150 valence electrons. The fraction of sp³-hybridized carbons (Fsp3) is 0.214. The first-order valence-corrected chi connectivity index (χ1v) is 10.9. The maximum absolute atomic E-state index is 11.2. The number of fused-ring (bicyclic) bond motifs is 4. The molecule has 0 saturated carbocycles. The van der Waals surface area contributed by atoms with E-state index in [1.54, 1.807) is 0 Å². The van der Waals surface area contributed by atoms with Crippen LogP contribution in [0.5, 0.6) is 11.5 Å². The van der Waals surface area contributed by atoms with E-state index in [0.717, 1.165) is 47.2 Å². The topological polar surface area (TPSA) is 40.5 Å². The summed E-state index contributed by atoms with van der Waals surface area (Å²) in [5.74, 6) is 0.472. The Morgan fingerprint density at radius 2 is 0.900 bits per heavy atom. The molecule has 5 aromatic carbocycles. The number of benzene rings is 5. The molecule has 5 rings (SSSR count). The normalized spacial score (nSPS) is 11.8. The lowest BCUT2D eigenvalue weighted by Gasteiger charge is -2.14. The van der Waals surface area contributed by atoms with Gasteiger partial charge in [-0.3, -0.25) is 0 Å². The molecule has 2 N–H and O–H groups in total. The number of hydrogen-bond donors (Lipinski definition) is 2. The minimum Gasteiger partial charge on any atom is -0.507 e. The molecule has 5 aromatic rings. The standard InChI is InChI=1S/C28H26O2/c1-3-7-17-11-21-15-25-26(16-22(21)12-18(17)8-4-2)28(30)24-14-20-10-6-5-9-19(20)13-23(24)27(25)29/h5-6,9-16,29-30H,3-4,7-8H2,1-2H3. The molecule has 0 unspecified atom stereocenters. The second kappa shape index (κ2) is 7.21. The Morgan fingerprint density at radius 3 is 1.27 bits per heavy atom. The largest absolute Gasteiger partial charge is 0.507 e. The molecule has 2 heteroatoms. The Morgan fingerprint density at radius 1 is 0.533 bits per heavy atom. The summed E-state index contributed by atoms with van der Waals surface area (Å²) in [5.41, 5.74) is 2.78. The lowest BCUT2D eigenvalue weighted by Crippen LogP contribution is -1.95. The van der Waals surface area contributed by atoms with E-state index in [1.165, 1.54) is 11.1 Å². The average Bonchev–Trinajstić information content (AvgIpc) is 2.76. The molecule has 0 fully saturated rings. The van der Waals surface area contributed by atoms with Crippen molar-refractivity contribution in [3.05, 3.63) is 71.8 Å². The predicted octanol–water partition coefficient (Wildman–Crippen LogP) is 7.62. The number of hydrogen-bond acceptors (Lipinski definition) is 2. The minimum absolute atomic E-state index is 0.236. The van der Waals surface area contributed by atoms with Gasteiger partial charge in [0, 0.05) is 21.5 Å². The fourth-order valence-corrected chi connectivity index (χ4v) is 4.76. The summed E-state index contributed by atoms with van der Waals surface area (Å²) in [5, 5.41) is 29.4. The van der Waals surface area contributed by atoms with E-state index in [1.807, 2.05) is 48.5 Å². The van der Waals surface area contributed by atoms with Gasteiger partial charge in [0.1, 0.15) is 11.5 Å². The van der Waals surface area contributed by atoms with Gasteiger partial charge in [-0.2, -0.15) is 0 Å². The molecule has 0 spiro atoms. The van der Waals surface area contributed by atoms with Crippen LogP contribution in [0, 0.1) is 0 Å². The summed E-state index contributed by atoms with van der Waals surface area (Å²) >= 11 is 0. The average molecular weight is 395 g/mol. The van der Waals surface area contributed by atoms with Gasteiger partial charge in [0.15, 0.2) is 0 Å². The van der Waals surface area contributed by atoms with Crippen LogP contribution in [-0.2, 0) is 12.8 Å². The highest BCUT2D eigenvalue weighted by Gasteiger charge is 2.15. The van der Waals surface area contributed by atoms with Crippen LogP contribution in [0.25, 0.3) is 43.1 Å². The van der Waals surface area contributed by atoms with E-state index < -0.39 is 0 Å². The fourth-order valence-electron chi connectivity index (χ4n) is 4.76. The van der Waals surface area contributed by atoms with Crippen LogP contribution in [0.2, 0.25) is 0 Å². The summed E-state index contributed by atoms with van der Waals surface area (Å²) < 4.78 is 0. The molecule has 0 atom stereocenters. The number of rotatable bonds is 4. The van der Waals surface area contributed by atoms with Gasteiger partial charge < -0.3 is 10.2 Å². The van der Waals surface area contributed by atoms with E-state index in [-0.39, 0.29) is 11.5 Å². The van der Waals surface area contributed by atoms with E-state index in [4.69, 9.17) is 0 Å². The van der Waals surface area contributed by atoms with E-state index in [2.05, 4.69) is 26.0 Å². The minimum atomic E-state index is 0.236. The lowest BCUT2D eigenvalue weighted by atomic mass is 9.91. The van der Waals surface area contributed by atoms with Crippen LogP contribution in [-0.4, -0.2) is 10.2 Å². The van der Waals surface area contributed by atoms with Crippen LogP contribution < -0.4 is 0 Å². The van der Waals surface area contributed by atoms with Crippen molar-refractivity contribution in [1.29, 1.82) is 0 Å². The molecule has 0 aliphatic carbocycles. The molecule has 0 radical (unpaired) electrons. The molecular weight excluding hydrogens is 368 g/mol. The van der Waals surface area contributed by atoms with Gasteiger partial charge in [-0.1, -0.05) is 63.1 Å². The SMILES string of the molecule is CCCc1cc2cc3c(O)c4cc5ccccc5cc4c(O)c3cc2cc1CCC. The van der Waals surface area contributed by atoms with Crippen molar-refractivity contribution in [1.82, 2.24) is 0 Å². The quantitative estimate of drug-likeness (QED) is 0.243. The van der Waals surface area contributed by atoms with E-state index in [9.17, 15) is 10.2 Å². The van der Waals surface area contributed by atoms with Gasteiger partial charge in [-0.25, -0.2) is 0 Å². The van der Waals surface area contributed by atoms with Crippen molar-refractivity contribution in [2.24, 2.45) is 0 Å². The lowest BCUT2D eigenvalue weighted by molar-refractivity contribution is 0.478. The highest BCUT2D eigenvalue weighted by molar-refractivity contribution is 6.16. The third-order valence-electron chi connectivity index (χ3n) is 6.24. The van der Waals surface area contributed by atoms with Crippen LogP contribution in [0.1, 0.15) is 37.8 Å². The molecular formula is C28H26O2. The van der Waals surface area contributed by atoms with Gasteiger partial charge in [0.05, 0.1) is 0 Å². The summed E-state index contributed by atoms with van der Waals surface area (Å²) in [6.07, 6.45) is 4.34. The van der Waals surface area contributed by atoms with Gasteiger partial charge in [-0.05, 0) is 69.8 Å². The summed E-state index contributed by atoms with van der Waals surface area (Å²) in [7, 11) is 0. The van der Waals surface area contributed by atoms with E-state index in [0.29, 0.717) is 21.5 Å². The van der Waals surface area contributed by atoms with Crippen LogP contribution >= 0.6 is 0 Å². The first-order chi connectivity index (χ1) is 14.6. The Hall–Kier alpha value is -3.26. The Balaban J connectivity index is 1.87. The number of phenolic OH excluding ortho intramolecular Hbond substituents is 2. The molecule has 0 aliphatic heterocycles. The Labute approximate surface area is 176 Å². The van der Waals surface area contributed by atoms with Gasteiger partial charge >= 0.3 is 0 Å². The summed E-state index contributed by atoms with van der Waals surface area (Å²) in [6.45, 7) is 4.42. The van der Waals surface area contributed by atoms with Crippen molar-refractivity contribution in [2.45, 2.75) is 39.5 Å². The maximum atomic E-state index is 11.2. The molecule has 2 nitrogen and oxygen atoms in total. The van der Waals surface area contributed by atoms with E-state index >= 15 is 0 Å². The molecule has 0 bridgehead atoms.